The largest absolute Gasteiger partial charge is 0.396 e. The molecule has 1 atom stereocenters. The van der Waals surface area contributed by atoms with E-state index in [-0.39, 0.29) is 6.61 Å². The fourth-order valence-corrected chi connectivity index (χ4v) is 2.88. The molecule has 0 aliphatic carbocycles. The number of aliphatic hydroxyl groups is 1. The number of hydrogen-bond donors (Lipinski definition) is 1. The highest BCUT2D eigenvalue weighted by Gasteiger charge is 2.25. The Morgan fingerprint density at radius 3 is 2.58 bits per heavy atom. The van der Waals surface area contributed by atoms with Gasteiger partial charge in [0.1, 0.15) is 0 Å². The van der Waals surface area contributed by atoms with E-state index in [9.17, 15) is 0 Å². The molecule has 5 heteroatoms. The van der Waals surface area contributed by atoms with Gasteiger partial charge in [-0.3, -0.25) is 9.58 Å². The topological polar surface area (TPSA) is 44.5 Å². The summed E-state index contributed by atoms with van der Waals surface area (Å²) in [5.74, 6) is 0. The molecule has 5 nitrogen and oxygen atoms in total. The van der Waals surface area contributed by atoms with E-state index in [1.54, 1.807) is 0 Å². The zero-order chi connectivity index (χ0) is 14.0. The Morgan fingerprint density at radius 1 is 1.26 bits per heavy atom. The van der Waals surface area contributed by atoms with Gasteiger partial charge in [-0.1, -0.05) is 0 Å². The van der Waals surface area contributed by atoms with Gasteiger partial charge in [0.2, 0.25) is 0 Å². The quantitative estimate of drug-likeness (QED) is 0.864. The van der Waals surface area contributed by atoms with E-state index < -0.39 is 0 Å². The van der Waals surface area contributed by atoms with E-state index in [4.69, 9.17) is 5.11 Å². The summed E-state index contributed by atoms with van der Waals surface area (Å²) in [5, 5.41) is 13.6. The van der Waals surface area contributed by atoms with Gasteiger partial charge in [0.05, 0.1) is 5.69 Å². The fraction of sp³-hybridized carbons (Fsp3) is 0.786. The molecule has 108 valence electrons. The maximum atomic E-state index is 9.15. The van der Waals surface area contributed by atoms with Crippen molar-refractivity contribution in [3.8, 4) is 0 Å². The molecule has 0 bridgehead atoms. The summed E-state index contributed by atoms with van der Waals surface area (Å²) < 4.78 is 1.96. The lowest BCUT2D eigenvalue weighted by Crippen LogP contribution is -2.51. The van der Waals surface area contributed by atoms with Crippen LogP contribution >= 0.6 is 0 Å². The van der Waals surface area contributed by atoms with Gasteiger partial charge in [0.15, 0.2) is 0 Å². The minimum atomic E-state index is 0.272. The van der Waals surface area contributed by atoms with Crippen molar-refractivity contribution in [2.24, 2.45) is 7.05 Å². The second kappa shape index (κ2) is 6.03. The van der Waals surface area contributed by atoms with Crippen molar-refractivity contribution < 1.29 is 5.11 Å². The predicted octanol–water partition coefficient (Wildman–Crippen LogP) is 0.535. The van der Waals surface area contributed by atoms with E-state index in [0.717, 1.165) is 38.3 Å². The number of aromatic nitrogens is 2. The molecule has 0 aromatic carbocycles. The second-order valence-corrected chi connectivity index (χ2v) is 5.65. The Morgan fingerprint density at radius 2 is 2.00 bits per heavy atom. The summed E-state index contributed by atoms with van der Waals surface area (Å²) in [6.45, 7) is 8.66. The Balaban J connectivity index is 2.03. The second-order valence-electron chi connectivity index (χ2n) is 5.65. The van der Waals surface area contributed by atoms with E-state index in [1.165, 1.54) is 11.3 Å². The molecule has 1 aromatic heterocycles. The van der Waals surface area contributed by atoms with Crippen LogP contribution in [-0.4, -0.2) is 64.0 Å². The molecule has 1 aliphatic heterocycles. The number of aryl methyl sites for hydroxylation is 2. The zero-order valence-electron chi connectivity index (χ0n) is 12.6. The number of nitrogens with zero attached hydrogens (tertiary/aromatic N) is 4. The van der Waals surface area contributed by atoms with Gasteiger partial charge < -0.3 is 10.0 Å². The monoisotopic (exact) mass is 266 g/mol. The lowest BCUT2D eigenvalue weighted by molar-refractivity contribution is 0.0741. The van der Waals surface area contributed by atoms with Crippen LogP contribution in [0.1, 0.15) is 23.4 Å². The van der Waals surface area contributed by atoms with Crippen molar-refractivity contribution in [2.45, 2.75) is 32.9 Å². The minimum absolute atomic E-state index is 0.272. The molecule has 1 aromatic rings. The van der Waals surface area contributed by atoms with Crippen molar-refractivity contribution in [1.29, 1.82) is 0 Å². The number of hydrogen-bond acceptors (Lipinski definition) is 4. The van der Waals surface area contributed by atoms with Crippen LogP contribution in [0.15, 0.2) is 0 Å². The molecule has 0 saturated carbocycles. The molecule has 1 aliphatic rings. The summed E-state index contributed by atoms with van der Waals surface area (Å²) in [7, 11) is 4.16. The molecule has 1 saturated heterocycles. The van der Waals surface area contributed by atoms with Gasteiger partial charge in [-0.2, -0.15) is 5.10 Å². The van der Waals surface area contributed by atoms with E-state index in [0.29, 0.717) is 6.04 Å². The molecule has 0 spiro atoms. The third kappa shape index (κ3) is 3.16. The molecule has 1 fully saturated rings. The van der Waals surface area contributed by atoms with Crippen LogP contribution in [0.5, 0.6) is 0 Å². The first-order valence-electron chi connectivity index (χ1n) is 7.05. The van der Waals surface area contributed by atoms with E-state index >= 15 is 0 Å². The molecule has 1 N–H and O–H groups in total. The van der Waals surface area contributed by atoms with Gasteiger partial charge in [-0.15, -0.1) is 0 Å². The van der Waals surface area contributed by atoms with Gasteiger partial charge in [0, 0.05) is 57.1 Å². The Kier molecular flexibility index (Phi) is 4.60. The van der Waals surface area contributed by atoms with Gasteiger partial charge in [0.25, 0.3) is 0 Å². The van der Waals surface area contributed by atoms with Crippen molar-refractivity contribution >= 4 is 0 Å². The van der Waals surface area contributed by atoms with Crippen molar-refractivity contribution in [3.05, 3.63) is 17.0 Å². The molecule has 19 heavy (non-hydrogen) atoms. The summed E-state index contributed by atoms with van der Waals surface area (Å²) in [5.41, 5.74) is 3.75. The van der Waals surface area contributed by atoms with Gasteiger partial charge in [-0.05, 0) is 27.3 Å². The summed E-state index contributed by atoms with van der Waals surface area (Å²) >= 11 is 0. The SMILES string of the molecule is Cc1nn(C)c(C)c1CN1CCN(C)[C@@H](CCO)C1. The van der Waals surface area contributed by atoms with E-state index in [2.05, 4.69) is 35.8 Å². The zero-order valence-corrected chi connectivity index (χ0v) is 12.6. The molecule has 0 unspecified atom stereocenters. The highest BCUT2D eigenvalue weighted by atomic mass is 16.3. The highest BCUT2D eigenvalue weighted by molar-refractivity contribution is 5.24. The van der Waals surface area contributed by atoms with Crippen LogP contribution in [0.4, 0.5) is 0 Å². The number of piperazine rings is 1. The highest BCUT2D eigenvalue weighted by Crippen LogP contribution is 2.18. The average Bonchev–Trinajstić information content (AvgIpc) is 2.60. The van der Waals surface area contributed by atoms with E-state index in [1.807, 2.05) is 11.7 Å². The van der Waals surface area contributed by atoms with Crippen molar-refractivity contribution in [1.82, 2.24) is 19.6 Å². The van der Waals surface area contributed by atoms with Crippen LogP contribution in [0, 0.1) is 13.8 Å². The third-order valence-corrected chi connectivity index (χ3v) is 4.36. The van der Waals surface area contributed by atoms with Crippen LogP contribution in [0.2, 0.25) is 0 Å². The maximum Gasteiger partial charge on any atom is 0.0641 e. The molecule has 2 heterocycles. The molecular weight excluding hydrogens is 240 g/mol. The van der Waals surface area contributed by atoms with Crippen LogP contribution in [0.25, 0.3) is 0 Å². The third-order valence-electron chi connectivity index (χ3n) is 4.36. The summed E-state index contributed by atoms with van der Waals surface area (Å²) in [6, 6.07) is 0.469. The molecule has 0 radical (unpaired) electrons. The maximum absolute atomic E-state index is 9.15. The van der Waals surface area contributed by atoms with Crippen molar-refractivity contribution in [3.63, 3.8) is 0 Å². The summed E-state index contributed by atoms with van der Waals surface area (Å²) in [4.78, 5) is 4.84. The number of aliphatic hydroxyl groups excluding tert-OH is 1. The lowest BCUT2D eigenvalue weighted by atomic mass is 10.1. The molecular formula is C14H26N4O. The fourth-order valence-electron chi connectivity index (χ4n) is 2.88. The molecule has 2 rings (SSSR count). The number of likely N-dealkylation sites (N-methyl/N-ethyl adjacent to an activating group) is 1. The van der Waals surface area contributed by atoms with Crippen LogP contribution in [-0.2, 0) is 13.6 Å². The lowest BCUT2D eigenvalue weighted by Gasteiger charge is -2.39. The Hall–Kier alpha value is -0.910. The number of rotatable bonds is 4. The normalized spacial score (nSPS) is 22.1. The first-order chi connectivity index (χ1) is 9.02. The first kappa shape index (κ1) is 14.5. The summed E-state index contributed by atoms with van der Waals surface area (Å²) in [6.07, 6.45) is 0.859. The van der Waals surface area contributed by atoms with Crippen molar-refractivity contribution in [2.75, 3.05) is 33.3 Å². The van der Waals surface area contributed by atoms with Crippen LogP contribution in [0.3, 0.4) is 0 Å². The Labute approximate surface area is 115 Å². The van der Waals surface area contributed by atoms with Crippen LogP contribution < -0.4 is 0 Å². The van der Waals surface area contributed by atoms with Gasteiger partial charge >= 0.3 is 0 Å². The molecule has 0 amide bonds. The predicted molar refractivity (Wildman–Crippen MR) is 76.1 cm³/mol. The minimum Gasteiger partial charge on any atom is -0.396 e. The average molecular weight is 266 g/mol. The smallest absolute Gasteiger partial charge is 0.0641 e. The standard InChI is InChI=1S/C14H26N4O/c1-11-14(12(2)17(4)15-11)10-18-7-6-16(3)13(9-18)5-8-19/h13,19H,5-10H2,1-4H3/t13-/m0/s1. The Bertz CT molecular complexity index is 429. The van der Waals surface area contributed by atoms with Gasteiger partial charge in [-0.25, -0.2) is 0 Å². The first-order valence-corrected chi connectivity index (χ1v) is 7.05.